The number of halogens is 1. The minimum atomic E-state index is -0.301. The SMILES string of the molecule is Cn1c(CCNC(=O)Cc2ccc(F)cc2)nc2cccnc21. The Bertz CT molecular complexity index is 826. The number of benzene rings is 1. The number of rotatable bonds is 5. The number of hydrogen-bond donors (Lipinski definition) is 1. The first-order valence-corrected chi connectivity index (χ1v) is 7.41. The molecular weight excluding hydrogens is 295 g/mol. The number of imidazole rings is 1. The maximum absolute atomic E-state index is 12.8. The van der Waals surface area contributed by atoms with Gasteiger partial charge in [-0.25, -0.2) is 14.4 Å². The van der Waals surface area contributed by atoms with E-state index < -0.39 is 0 Å². The summed E-state index contributed by atoms with van der Waals surface area (Å²) in [5.41, 5.74) is 2.47. The maximum Gasteiger partial charge on any atom is 0.224 e. The standard InChI is InChI=1S/C17H17FN4O/c1-22-15(21-14-3-2-9-20-17(14)22)8-10-19-16(23)11-12-4-6-13(18)7-5-12/h2-7,9H,8,10-11H2,1H3,(H,19,23). The van der Waals surface area contributed by atoms with E-state index in [0.717, 1.165) is 22.6 Å². The summed E-state index contributed by atoms with van der Waals surface area (Å²) in [7, 11) is 1.91. The number of amides is 1. The Kier molecular flexibility index (Phi) is 4.32. The summed E-state index contributed by atoms with van der Waals surface area (Å²) in [6, 6.07) is 9.71. The van der Waals surface area contributed by atoms with Gasteiger partial charge in [-0.1, -0.05) is 12.1 Å². The second kappa shape index (κ2) is 6.56. The van der Waals surface area contributed by atoms with Crippen molar-refractivity contribution in [1.82, 2.24) is 19.9 Å². The number of nitrogens with one attached hydrogen (secondary N) is 1. The Balaban J connectivity index is 1.55. The van der Waals surface area contributed by atoms with Gasteiger partial charge in [0.05, 0.1) is 6.42 Å². The predicted molar refractivity (Wildman–Crippen MR) is 85.3 cm³/mol. The lowest BCUT2D eigenvalue weighted by atomic mass is 10.1. The fraction of sp³-hybridized carbons (Fsp3) is 0.235. The third-order valence-electron chi connectivity index (χ3n) is 3.67. The molecule has 0 unspecified atom stereocenters. The fourth-order valence-electron chi connectivity index (χ4n) is 2.46. The van der Waals surface area contributed by atoms with Crippen molar-refractivity contribution >= 4 is 17.1 Å². The molecule has 0 spiro atoms. The van der Waals surface area contributed by atoms with Crippen molar-refractivity contribution in [3.05, 3.63) is 59.8 Å². The zero-order valence-electron chi connectivity index (χ0n) is 12.8. The molecule has 5 nitrogen and oxygen atoms in total. The highest BCUT2D eigenvalue weighted by Crippen LogP contribution is 2.11. The van der Waals surface area contributed by atoms with Gasteiger partial charge in [-0.2, -0.15) is 0 Å². The van der Waals surface area contributed by atoms with Crippen LogP contribution in [0, 0.1) is 5.82 Å². The van der Waals surface area contributed by atoms with Gasteiger partial charge in [0.15, 0.2) is 5.65 Å². The van der Waals surface area contributed by atoms with Gasteiger partial charge >= 0.3 is 0 Å². The zero-order valence-corrected chi connectivity index (χ0v) is 12.8. The van der Waals surface area contributed by atoms with Crippen LogP contribution in [0.15, 0.2) is 42.6 Å². The van der Waals surface area contributed by atoms with Crippen LogP contribution >= 0.6 is 0 Å². The van der Waals surface area contributed by atoms with Crippen LogP contribution in [0.25, 0.3) is 11.2 Å². The molecule has 3 aromatic rings. The average Bonchev–Trinajstić information content (AvgIpc) is 2.86. The molecule has 3 rings (SSSR count). The van der Waals surface area contributed by atoms with Crippen molar-refractivity contribution in [2.24, 2.45) is 7.05 Å². The molecule has 0 saturated heterocycles. The third kappa shape index (κ3) is 3.53. The molecule has 0 atom stereocenters. The lowest BCUT2D eigenvalue weighted by molar-refractivity contribution is -0.120. The normalized spacial score (nSPS) is 10.9. The van der Waals surface area contributed by atoms with Crippen molar-refractivity contribution in [2.75, 3.05) is 6.54 Å². The summed E-state index contributed by atoms with van der Waals surface area (Å²) in [5, 5.41) is 2.86. The summed E-state index contributed by atoms with van der Waals surface area (Å²) < 4.78 is 14.8. The van der Waals surface area contributed by atoms with Crippen LogP contribution in [-0.4, -0.2) is 27.0 Å². The van der Waals surface area contributed by atoms with E-state index in [1.807, 2.05) is 23.7 Å². The molecule has 6 heteroatoms. The lowest BCUT2D eigenvalue weighted by Gasteiger charge is -2.05. The summed E-state index contributed by atoms with van der Waals surface area (Å²) in [6.45, 7) is 0.497. The van der Waals surface area contributed by atoms with E-state index in [1.165, 1.54) is 12.1 Å². The second-order valence-electron chi connectivity index (χ2n) is 5.34. The highest BCUT2D eigenvalue weighted by Gasteiger charge is 2.09. The average molecular weight is 312 g/mol. The van der Waals surface area contributed by atoms with Crippen molar-refractivity contribution in [3.8, 4) is 0 Å². The molecule has 23 heavy (non-hydrogen) atoms. The number of hydrogen-bond acceptors (Lipinski definition) is 3. The quantitative estimate of drug-likeness (QED) is 0.784. The van der Waals surface area contributed by atoms with E-state index in [9.17, 15) is 9.18 Å². The summed E-state index contributed by atoms with van der Waals surface area (Å²) in [4.78, 5) is 20.7. The number of nitrogens with zero attached hydrogens (tertiary/aromatic N) is 3. The Hall–Kier alpha value is -2.76. The zero-order chi connectivity index (χ0) is 16.2. The topological polar surface area (TPSA) is 59.8 Å². The van der Waals surface area contributed by atoms with Gasteiger partial charge in [0.2, 0.25) is 5.91 Å². The van der Waals surface area contributed by atoms with Gasteiger partial charge in [-0.15, -0.1) is 0 Å². The monoisotopic (exact) mass is 312 g/mol. The maximum atomic E-state index is 12.8. The predicted octanol–water partition coefficient (Wildman–Crippen LogP) is 2.01. The molecule has 0 fully saturated rings. The molecule has 0 bridgehead atoms. The van der Waals surface area contributed by atoms with E-state index >= 15 is 0 Å². The lowest BCUT2D eigenvalue weighted by Crippen LogP contribution is -2.27. The fourth-order valence-corrected chi connectivity index (χ4v) is 2.46. The van der Waals surface area contributed by atoms with E-state index in [-0.39, 0.29) is 18.1 Å². The first-order valence-electron chi connectivity index (χ1n) is 7.41. The Morgan fingerprint density at radius 3 is 2.78 bits per heavy atom. The molecule has 0 aliphatic heterocycles. The van der Waals surface area contributed by atoms with E-state index in [4.69, 9.17) is 0 Å². The van der Waals surface area contributed by atoms with Crippen LogP contribution in [0.4, 0.5) is 4.39 Å². The van der Waals surface area contributed by atoms with E-state index in [2.05, 4.69) is 15.3 Å². The van der Waals surface area contributed by atoms with Gasteiger partial charge in [0.1, 0.15) is 17.2 Å². The van der Waals surface area contributed by atoms with Crippen molar-refractivity contribution < 1.29 is 9.18 Å². The van der Waals surface area contributed by atoms with E-state index in [0.29, 0.717) is 13.0 Å². The van der Waals surface area contributed by atoms with Gasteiger partial charge in [0, 0.05) is 26.2 Å². The van der Waals surface area contributed by atoms with Gasteiger partial charge in [-0.05, 0) is 29.8 Å². The molecule has 2 aromatic heterocycles. The number of pyridine rings is 1. The number of aromatic nitrogens is 3. The summed E-state index contributed by atoms with van der Waals surface area (Å²) in [6.07, 6.45) is 2.60. The minimum absolute atomic E-state index is 0.0894. The molecule has 0 radical (unpaired) electrons. The Morgan fingerprint density at radius 2 is 2.04 bits per heavy atom. The molecule has 118 valence electrons. The van der Waals surface area contributed by atoms with Gasteiger partial charge in [-0.3, -0.25) is 4.79 Å². The van der Waals surface area contributed by atoms with Crippen LogP contribution in [-0.2, 0) is 24.7 Å². The van der Waals surface area contributed by atoms with Crippen LogP contribution in [0.3, 0.4) is 0 Å². The smallest absolute Gasteiger partial charge is 0.224 e. The number of carbonyl (C=O) groups excluding carboxylic acids is 1. The summed E-state index contributed by atoms with van der Waals surface area (Å²) >= 11 is 0. The molecule has 2 heterocycles. The Labute approximate surface area is 133 Å². The molecule has 1 N–H and O–H groups in total. The summed E-state index contributed by atoms with van der Waals surface area (Å²) in [5.74, 6) is 0.485. The third-order valence-corrected chi connectivity index (χ3v) is 3.67. The molecular formula is C17H17FN4O. The van der Waals surface area contributed by atoms with E-state index in [1.54, 1.807) is 18.3 Å². The molecule has 0 aliphatic carbocycles. The van der Waals surface area contributed by atoms with Crippen LogP contribution in [0.1, 0.15) is 11.4 Å². The highest BCUT2D eigenvalue weighted by atomic mass is 19.1. The van der Waals surface area contributed by atoms with Crippen LogP contribution < -0.4 is 5.32 Å². The molecule has 1 amide bonds. The number of carbonyl (C=O) groups is 1. The highest BCUT2D eigenvalue weighted by molar-refractivity contribution is 5.78. The van der Waals surface area contributed by atoms with Crippen LogP contribution in [0.2, 0.25) is 0 Å². The number of aryl methyl sites for hydroxylation is 1. The van der Waals surface area contributed by atoms with Crippen LogP contribution in [0.5, 0.6) is 0 Å². The van der Waals surface area contributed by atoms with Crippen molar-refractivity contribution in [1.29, 1.82) is 0 Å². The first kappa shape index (κ1) is 15.1. The van der Waals surface area contributed by atoms with Gasteiger partial charge in [0.25, 0.3) is 0 Å². The first-order chi connectivity index (χ1) is 11.1. The van der Waals surface area contributed by atoms with Crippen molar-refractivity contribution in [2.45, 2.75) is 12.8 Å². The molecule has 0 saturated carbocycles. The number of fused-ring (bicyclic) bond motifs is 1. The Morgan fingerprint density at radius 1 is 1.26 bits per heavy atom. The minimum Gasteiger partial charge on any atom is -0.355 e. The van der Waals surface area contributed by atoms with Gasteiger partial charge < -0.3 is 9.88 Å². The van der Waals surface area contributed by atoms with Crippen molar-refractivity contribution in [3.63, 3.8) is 0 Å². The largest absolute Gasteiger partial charge is 0.355 e. The molecule has 1 aromatic carbocycles. The second-order valence-corrected chi connectivity index (χ2v) is 5.34. The molecule has 0 aliphatic rings.